The number of hydrogen-bond donors (Lipinski definition) is 2. The maximum Gasteiger partial charge on any atom is 0.416 e. The third-order valence-corrected chi connectivity index (χ3v) is 4.96. The van der Waals surface area contributed by atoms with Gasteiger partial charge in [-0.05, 0) is 48.9 Å². The summed E-state index contributed by atoms with van der Waals surface area (Å²) in [6.07, 6.45) is -3.02. The molecule has 9 heteroatoms. The number of hydrogen-bond acceptors (Lipinski definition) is 6. The first-order valence-corrected chi connectivity index (χ1v) is 9.56. The molecule has 30 heavy (non-hydrogen) atoms. The Morgan fingerprint density at radius 2 is 1.90 bits per heavy atom. The van der Waals surface area contributed by atoms with Crippen molar-refractivity contribution in [2.24, 2.45) is 4.99 Å². The first-order chi connectivity index (χ1) is 14.2. The number of alkyl halides is 3. The van der Waals surface area contributed by atoms with Crippen molar-refractivity contribution in [3.8, 4) is 5.75 Å². The SMILES string of the molecule is CCOC(=O)C1=C(O)C(=Cc2cccc(O)c2)SC1=Nc1cccc(C(F)(F)F)c1. The van der Waals surface area contributed by atoms with E-state index in [0.717, 1.165) is 23.9 Å². The van der Waals surface area contributed by atoms with Gasteiger partial charge in [0.2, 0.25) is 0 Å². The highest BCUT2D eigenvalue weighted by molar-refractivity contribution is 8.18. The summed E-state index contributed by atoms with van der Waals surface area (Å²) in [5.74, 6) is -1.22. The van der Waals surface area contributed by atoms with E-state index in [-0.39, 0.29) is 33.6 Å². The van der Waals surface area contributed by atoms with Gasteiger partial charge in [-0.15, -0.1) is 0 Å². The van der Waals surface area contributed by atoms with Crippen molar-refractivity contribution in [3.63, 3.8) is 0 Å². The predicted molar refractivity (Wildman–Crippen MR) is 109 cm³/mol. The molecule has 2 aromatic carbocycles. The summed E-state index contributed by atoms with van der Waals surface area (Å²) in [5, 5.41) is 20.2. The van der Waals surface area contributed by atoms with Gasteiger partial charge in [0.05, 0.1) is 22.8 Å². The fourth-order valence-electron chi connectivity index (χ4n) is 2.63. The van der Waals surface area contributed by atoms with E-state index in [0.29, 0.717) is 5.56 Å². The van der Waals surface area contributed by atoms with E-state index < -0.39 is 23.5 Å². The maximum absolute atomic E-state index is 13.0. The summed E-state index contributed by atoms with van der Waals surface area (Å²) in [7, 11) is 0. The number of benzene rings is 2. The average molecular weight is 435 g/mol. The average Bonchev–Trinajstić information content (AvgIpc) is 2.96. The molecule has 1 aliphatic rings. The molecule has 5 nitrogen and oxygen atoms in total. The van der Waals surface area contributed by atoms with Crippen molar-refractivity contribution in [1.82, 2.24) is 0 Å². The Balaban J connectivity index is 2.06. The second-order valence-corrected chi connectivity index (χ2v) is 7.15. The summed E-state index contributed by atoms with van der Waals surface area (Å²) in [4.78, 5) is 16.7. The topological polar surface area (TPSA) is 79.1 Å². The highest BCUT2D eigenvalue weighted by atomic mass is 32.2. The molecule has 1 aliphatic heterocycles. The van der Waals surface area contributed by atoms with Gasteiger partial charge < -0.3 is 14.9 Å². The molecule has 0 unspecified atom stereocenters. The summed E-state index contributed by atoms with van der Waals surface area (Å²) >= 11 is 0.913. The number of phenols is 1. The number of ether oxygens (including phenoxy) is 1. The molecule has 0 atom stereocenters. The van der Waals surface area contributed by atoms with Crippen LogP contribution in [0.3, 0.4) is 0 Å². The predicted octanol–water partition coefficient (Wildman–Crippen LogP) is 5.60. The third-order valence-electron chi connectivity index (χ3n) is 3.94. The molecule has 0 aromatic heterocycles. The van der Waals surface area contributed by atoms with Crippen LogP contribution in [-0.4, -0.2) is 27.8 Å². The highest BCUT2D eigenvalue weighted by Gasteiger charge is 2.34. The molecule has 0 amide bonds. The number of aliphatic hydroxyl groups excluding tert-OH is 1. The van der Waals surface area contributed by atoms with Crippen molar-refractivity contribution in [2.45, 2.75) is 13.1 Å². The van der Waals surface area contributed by atoms with E-state index in [1.807, 2.05) is 0 Å². The van der Waals surface area contributed by atoms with Gasteiger partial charge in [-0.3, -0.25) is 0 Å². The quantitative estimate of drug-likeness (QED) is 0.611. The molecule has 1 heterocycles. The van der Waals surface area contributed by atoms with Crippen LogP contribution in [-0.2, 0) is 15.7 Å². The van der Waals surface area contributed by atoms with Gasteiger partial charge in [0.1, 0.15) is 22.1 Å². The van der Waals surface area contributed by atoms with Crippen LogP contribution in [0.15, 0.2) is 69.8 Å². The summed E-state index contributed by atoms with van der Waals surface area (Å²) < 4.78 is 43.9. The molecule has 0 fully saturated rings. The number of halogens is 3. The van der Waals surface area contributed by atoms with Crippen molar-refractivity contribution in [3.05, 3.63) is 75.9 Å². The monoisotopic (exact) mass is 435 g/mol. The summed E-state index contributed by atoms with van der Waals surface area (Å²) in [5.41, 5.74) is -0.590. The Hall–Kier alpha value is -3.20. The first kappa shape index (κ1) is 21.5. The van der Waals surface area contributed by atoms with Crippen LogP contribution in [0.25, 0.3) is 6.08 Å². The zero-order chi connectivity index (χ0) is 21.9. The highest BCUT2D eigenvalue weighted by Crippen LogP contribution is 2.41. The minimum absolute atomic E-state index is 0.0108. The summed E-state index contributed by atoms with van der Waals surface area (Å²) in [6.45, 7) is 1.63. The molecular weight excluding hydrogens is 419 g/mol. The second kappa shape index (κ2) is 8.66. The largest absolute Gasteiger partial charge is 0.508 e. The number of carbonyl (C=O) groups excluding carboxylic acids is 1. The Kier molecular flexibility index (Phi) is 6.21. The van der Waals surface area contributed by atoms with E-state index in [2.05, 4.69) is 4.99 Å². The summed E-state index contributed by atoms with van der Waals surface area (Å²) in [6, 6.07) is 10.5. The van der Waals surface area contributed by atoms with Gasteiger partial charge in [-0.2, -0.15) is 13.2 Å². The molecule has 156 valence electrons. The Morgan fingerprint density at radius 3 is 2.57 bits per heavy atom. The fourth-order valence-corrected chi connectivity index (χ4v) is 3.66. The Labute approximate surface area is 174 Å². The molecule has 0 aliphatic carbocycles. The lowest BCUT2D eigenvalue weighted by Gasteiger charge is -2.07. The number of nitrogens with zero attached hydrogens (tertiary/aromatic N) is 1. The van der Waals surface area contributed by atoms with E-state index in [4.69, 9.17) is 4.74 Å². The third kappa shape index (κ3) is 4.85. The molecule has 0 spiro atoms. The minimum Gasteiger partial charge on any atom is -0.508 e. The van der Waals surface area contributed by atoms with Crippen LogP contribution in [0.2, 0.25) is 0 Å². The van der Waals surface area contributed by atoms with Crippen LogP contribution in [0.5, 0.6) is 5.75 Å². The molecule has 3 rings (SSSR count). The normalized spacial score (nSPS) is 17.1. The van der Waals surface area contributed by atoms with Crippen molar-refractivity contribution in [2.75, 3.05) is 6.61 Å². The van der Waals surface area contributed by atoms with Crippen LogP contribution >= 0.6 is 11.8 Å². The molecule has 2 aromatic rings. The fraction of sp³-hybridized carbons (Fsp3) is 0.143. The van der Waals surface area contributed by atoms with Gasteiger partial charge in [0, 0.05) is 0 Å². The number of aromatic hydroxyl groups is 1. The number of aliphatic imine (C=N–C) groups is 1. The number of aliphatic hydroxyl groups is 1. The van der Waals surface area contributed by atoms with Gasteiger partial charge in [0.15, 0.2) is 0 Å². The van der Waals surface area contributed by atoms with E-state index in [9.17, 15) is 28.2 Å². The Morgan fingerprint density at radius 1 is 1.17 bits per heavy atom. The number of rotatable bonds is 4. The van der Waals surface area contributed by atoms with Gasteiger partial charge in [-0.1, -0.05) is 30.0 Å². The zero-order valence-electron chi connectivity index (χ0n) is 15.6. The minimum atomic E-state index is -4.54. The maximum atomic E-state index is 13.0. The number of carbonyl (C=O) groups is 1. The van der Waals surface area contributed by atoms with Gasteiger partial charge in [-0.25, -0.2) is 9.79 Å². The smallest absolute Gasteiger partial charge is 0.416 e. The Bertz CT molecular complexity index is 1070. The van der Waals surface area contributed by atoms with Crippen LogP contribution in [0, 0.1) is 0 Å². The van der Waals surface area contributed by atoms with Gasteiger partial charge >= 0.3 is 12.1 Å². The van der Waals surface area contributed by atoms with E-state index in [1.165, 1.54) is 30.3 Å². The molecule has 0 saturated heterocycles. The standard InChI is InChI=1S/C21H16F3NO4S/c1-2-29-20(28)17-18(27)16(10-12-5-3-8-15(26)9-12)30-19(17)25-14-7-4-6-13(11-14)21(22,23)24/h3-11,26-27H,2H2,1H3. The van der Waals surface area contributed by atoms with Gasteiger partial charge in [0.25, 0.3) is 0 Å². The zero-order valence-corrected chi connectivity index (χ0v) is 16.4. The molecular formula is C21H16F3NO4S. The molecule has 0 bridgehead atoms. The molecule has 2 N–H and O–H groups in total. The number of phenolic OH excluding ortho intramolecular Hbond substituents is 1. The lowest BCUT2D eigenvalue weighted by molar-refractivity contribution is -0.138. The van der Waals surface area contributed by atoms with E-state index >= 15 is 0 Å². The molecule has 0 saturated carbocycles. The number of thioether (sulfide) groups is 1. The van der Waals surface area contributed by atoms with Crippen molar-refractivity contribution < 1.29 is 32.9 Å². The second-order valence-electron chi connectivity index (χ2n) is 6.11. The first-order valence-electron chi connectivity index (χ1n) is 8.74. The van der Waals surface area contributed by atoms with Crippen LogP contribution in [0.1, 0.15) is 18.1 Å². The lowest BCUT2D eigenvalue weighted by Crippen LogP contribution is -2.13. The van der Waals surface area contributed by atoms with Crippen molar-refractivity contribution >= 4 is 34.5 Å². The van der Waals surface area contributed by atoms with Crippen LogP contribution in [0.4, 0.5) is 18.9 Å². The molecule has 0 radical (unpaired) electrons. The lowest BCUT2D eigenvalue weighted by atomic mass is 10.1. The van der Waals surface area contributed by atoms with Crippen LogP contribution < -0.4 is 0 Å². The van der Waals surface area contributed by atoms with Crippen molar-refractivity contribution in [1.29, 1.82) is 0 Å². The number of esters is 1. The van der Waals surface area contributed by atoms with E-state index in [1.54, 1.807) is 19.1 Å².